The maximum atomic E-state index is 12.8. The van der Waals surface area contributed by atoms with E-state index in [1.807, 2.05) is 0 Å². The van der Waals surface area contributed by atoms with E-state index in [1.54, 1.807) is 0 Å². The number of hydrogen-bond acceptors (Lipinski definition) is 5. The number of nitrogens with two attached hydrogens (primary N) is 1. The van der Waals surface area contributed by atoms with Gasteiger partial charge in [-0.1, -0.05) is 0 Å². The molecular formula is C10H12FN3O3. The van der Waals surface area contributed by atoms with Crippen LogP contribution in [0.3, 0.4) is 0 Å². The molecule has 7 heteroatoms. The zero-order valence-corrected chi connectivity index (χ0v) is 8.97. The monoisotopic (exact) mass is 241 g/mol. The summed E-state index contributed by atoms with van der Waals surface area (Å²) in [4.78, 5) is 18.0. The molecule has 1 amide bonds. The van der Waals surface area contributed by atoms with Crippen LogP contribution in [-0.4, -0.2) is 33.7 Å². The standard InChI is InChI=1S/C10H12FN3O3/c11-7-3-13-10(8(14-7)9(12)16)17-6-1-5(2-6)4-15/h3,5-6,15H,1-2,4H2,(H2,12,16). The minimum atomic E-state index is -0.884. The molecule has 3 N–H and O–H groups in total. The van der Waals surface area contributed by atoms with Gasteiger partial charge in [0.15, 0.2) is 5.69 Å². The highest BCUT2D eigenvalue weighted by Gasteiger charge is 2.31. The molecule has 0 atom stereocenters. The van der Waals surface area contributed by atoms with Gasteiger partial charge in [-0.05, 0) is 18.8 Å². The Morgan fingerprint density at radius 3 is 2.94 bits per heavy atom. The van der Waals surface area contributed by atoms with Crippen molar-refractivity contribution in [2.75, 3.05) is 6.61 Å². The van der Waals surface area contributed by atoms with Gasteiger partial charge in [0, 0.05) is 6.61 Å². The number of rotatable bonds is 4. The van der Waals surface area contributed by atoms with Gasteiger partial charge in [0.25, 0.3) is 5.91 Å². The molecule has 0 spiro atoms. The molecule has 0 aliphatic heterocycles. The molecule has 0 radical (unpaired) electrons. The highest BCUT2D eigenvalue weighted by atomic mass is 19.1. The molecule has 0 bridgehead atoms. The Morgan fingerprint density at radius 2 is 2.35 bits per heavy atom. The van der Waals surface area contributed by atoms with Crippen molar-refractivity contribution in [1.82, 2.24) is 9.97 Å². The lowest BCUT2D eigenvalue weighted by Crippen LogP contribution is -2.36. The molecule has 2 rings (SSSR count). The fourth-order valence-electron chi connectivity index (χ4n) is 1.68. The summed E-state index contributed by atoms with van der Waals surface area (Å²) in [5, 5.41) is 8.84. The Morgan fingerprint density at radius 1 is 1.65 bits per heavy atom. The number of carbonyl (C=O) groups is 1. The first-order valence-electron chi connectivity index (χ1n) is 5.20. The van der Waals surface area contributed by atoms with Crippen LogP contribution in [0.5, 0.6) is 5.88 Å². The van der Waals surface area contributed by atoms with Gasteiger partial charge in [-0.2, -0.15) is 4.39 Å². The number of carbonyl (C=O) groups excluding carboxylic acids is 1. The summed E-state index contributed by atoms with van der Waals surface area (Å²) in [7, 11) is 0. The van der Waals surface area contributed by atoms with Crippen LogP contribution in [0.2, 0.25) is 0 Å². The van der Waals surface area contributed by atoms with Crippen LogP contribution in [0.4, 0.5) is 4.39 Å². The van der Waals surface area contributed by atoms with Gasteiger partial charge in [-0.15, -0.1) is 0 Å². The van der Waals surface area contributed by atoms with Crippen LogP contribution in [0.25, 0.3) is 0 Å². The number of ether oxygens (including phenoxy) is 1. The minimum absolute atomic E-state index is 0.0553. The SMILES string of the molecule is NC(=O)c1nc(F)cnc1OC1CC(CO)C1. The van der Waals surface area contributed by atoms with Crippen molar-refractivity contribution in [3.63, 3.8) is 0 Å². The van der Waals surface area contributed by atoms with E-state index < -0.39 is 11.9 Å². The fourth-order valence-corrected chi connectivity index (χ4v) is 1.68. The van der Waals surface area contributed by atoms with E-state index in [0.717, 1.165) is 6.20 Å². The van der Waals surface area contributed by atoms with Crippen molar-refractivity contribution < 1.29 is 19.0 Å². The second-order valence-corrected chi connectivity index (χ2v) is 3.97. The molecule has 6 nitrogen and oxygen atoms in total. The van der Waals surface area contributed by atoms with E-state index in [0.29, 0.717) is 12.8 Å². The van der Waals surface area contributed by atoms with Gasteiger partial charge < -0.3 is 15.6 Å². The van der Waals surface area contributed by atoms with E-state index in [2.05, 4.69) is 9.97 Å². The molecule has 17 heavy (non-hydrogen) atoms. The minimum Gasteiger partial charge on any atom is -0.473 e. The Hall–Kier alpha value is -1.76. The van der Waals surface area contributed by atoms with Crippen molar-refractivity contribution in [3.8, 4) is 5.88 Å². The lowest BCUT2D eigenvalue weighted by molar-refractivity contribution is 0.0284. The van der Waals surface area contributed by atoms with E-state index in [-0.39, 0.29) is 30.2 Å². The summed E-state index contributed by atoms with van der Waals surface area (Å²) in [5.74, 6) is -1.61. The highest BCUT2D eigenvalue weighted by Crippen LogP contribution is 2.30. The second-order valence-electron chi connectivity index (χ2n) is 3.97. The van der Waals surface area contributed by atoms with Gasteiger partial charge >= 0.3 is 0 Å². The van der Waals surface area contributed by atoms with Crippen molar-refractivity contribution >= 4 is 5.91 Å². The lowest BCUT2D eigenvalue weighted by atomic mass is 9.83. The summed E-state index contributed by atoms with van der Waals surface area (Å²) in [6.45, 7) is 0.109. The maximum absolute atomic E-state index is 12.8. The molecule has 1 heterocycles. The number of aliphatic hydroxyl groups excluding tert-OH is 1. The highest BCUT2D eigenvalue weighted by molar-refractivity contribution is 5.92. The van der Waals surface area contributed by atoms with Crippen molar-refractivity contribution in [3.05, 3.63) is 17.8 Å². The number of amides is 1. The zero-order chi connectivity index (χ0) is 12.4. The first-order valence-corrected chi connectivity index (χ1v) is 5.20. The molecule has 1 aromatic heterocycles. The van der Waals surface area contributed by atoms with Crippen LogP contribution in [0.1, 0.15) is 23.3 Å². The summed E-state index contributed by atoms with van der Waals surface area (Å²) < 4.78 is 18.2. The average molecular weight is 241 g/mol. The average Bonchev–Trinajstić information content (AvgIpc) is 2.24. The molecule has 0 saturated heterocycles. The Balaban J connectivity index is 2.08. The number of primary amides is 1. The number of nitrogens with zero attached hydrogens (tertiary/aromatic N) is 2. The summed E-state index contributed by atoms with van der Waals surface area (Å²) in [5.41, 5.74) is 4.74. The van der Waals surface area contributed by atoms with E-state index >= 15 is 0 Å². The van der Waals surface area contributed by atoms with Crippen LogP contribution in [-0.2, 0) is 0 Å². The fraction of sp³-hybridized carbons (Fsp3) is 0.500. The third-order valence-electron chi connectivity index (χ3n) is 2.67. The first-order chi connectivity index (χ1) is 8.10. The smallest absolute Gasteiger partial charge is 0.273 e. The number of aromatic nitrogens is 2. The predicted octanol–water partition coefficient (Wildman–Crippen LogP) is -0.136. The van der Waals surface area contributed by atoms with Crippen LogP contribution < -0.4 is 10.5 Å². The van der Waals surface area contributed by atoms with Gasteiger partial charge in [-0.25, -0.2) is 9.97 Å². The normalized spacial score (nSPS) is 22.9. The zero-order valence-electron chi connectivity index (χ0n) is 8.97. The molecule has 1 aliphatic rings. The summed E-state index contributed by atoms with van der Waals surface area (Å²) in [6.07, 6.45) is 2.08. The molecule has 1 fully saturated rings. The molecule has 0 aromatic carbocycles. The number of halogens is 1. The van der Waals surface area contributed by atoms with Gasteiger partial charge in [0.05, 0.1) is 6.20 Å². The summed E-state index contributed by atoms with van der Waals surface area (Å²) >= 11 is 0. The largest absolute Gasteiger partial charge is 0.473 e. The quantitative estimate of drug-likeness (QED) is 0.764. The molecule has 1 aliphatic carbocycles. The predicted molar refractivity (Wildman–Crippen MR) is 54.7 cm³/mol. The van der Waals surface area contributed by atoms with Crippen LogP contribution in [0.15, 0.2) is 6.20 Å². The van der Waals surface area contributed by atoms with E-state index in [1.165, 1.54) is 0 Å². The third-order valence-corrected chi connectivity index (χ3v) is 2.67. The Bertz CT molecular complexity index is 435. The van der Waals surface area contributed by atoms with E-state index in [4.69, 9.17) is 15.6 Å². The Labute approximate surface area is 96.6 Å². The molecule has 92 valence electrons. The number of hydrogen-bond donors (Lipinski definition) is 2. The van der Waals surface area contributed by atoms with Crippen molar-refractivity contribution in [1.29, 1.82) is 0 Å². The van der Waals surface area contributed by atoms with Crippen LogP contribution in [0, 0.1) is 11.9 Å². The van der Waals surface area contributed by atoms with E-state index in [9.17, 15) is 9.18 Å². The topological polar surface area (TPSA) is 98.3 Å². The molecular weight excluding hydrogens is 229 g/mol. The van der Waals surface area contributed by atoms with Crippen LogP contribution >= 0.6 is 0 Å². The van der Waals surface area contributed by atoms with Crippen molar-refractivity contribution in [2.45, 2.75) is 18.9 Å². The van der Waals surface area contributed by atoms with Crippen molar-refractivity contribution in [2.24, 2.45) is 11.7 Å². The maximum Gasteiger partial charge on any atom is 0.273 e. The molecule has 0 unspecified atom stereocenters. The summed E-state index contributed by atoms with van der Waals surface area (Å²) in [6, 6.07) is 0. The lowest BCUT2D eigenvalue weighted by Gasteiger charge is -2.33. The van der Waals surface area contributed by atoms with Gasteiger partial charge in [0.1, 0.15) is 6.10 Å². The first kappa shape index (κ1) is 11.7. The third kappa shape index (κ3) is 2.50. The molecule has 1 aromatic rings. The van der Waals surface area contributed by atoms with Gasteiger partial charge in [-0.3, -0.25) is 4.79 Å². The second kappa shape index (κ2) is 4.62. The van der Waals surface area contributed by atoms with Gasteiger partial charge in [0.2, 0.25) is 11.8 Å². The molecule has 1 saturated carbocycles. The Kier molecular flexibility index (Phi) is 3.19. The number of aliphatic hydroxyl groups is 1.